The van der Waals surface area contributed by atoms with E-state index in [4.69, 9.17) is 4.74 Å². The number of rotatable bonds is 2. The first-order valence-corrected chi connectivity index (χ1v) is 7.12. The molecular weight excluding hydrogens is 297 g/mol. The van der Waals surface area contributed by atoms with Gasteiger partial charge in [-0.25, -0.2) is 15.0 Å². The third kappa shape index (κ3) is 2.57. The minimum absolute atomic E-state index is 0.444. The van der Waals surface area contributed by atoms with Crippen LogP contribution in [0.25, 0.3) is 11.4 Å². The Balaban J connectivity index is 1.80. The second kappa shape index (κ2) is 5.60. The highest BCUT2D eigenvalue weighted by Crippen LogP contribution is 2.34. The highest BCUT2D eigenvalue weighted by atomic mass is 19.1. The van der Waals surface area contributed by atoms with Crippen LogP contribution < -0.4 is 9.64 Å². The van der Waals surface area contributed by atoms with Crippen molar-refractivity contribution < 1.29 is 9.13 Å². The smallest absolute Gasteiger partial charge is 0.310 e. The Kier molecular flexibility index (Phi) is 3.30. The molecule has 3 aromatic rings. The average molecular weight is 309 g/mol. The summed E-state index contributed by atoms with van der Waals surface area (Å²) in [5, 5.41) is 0. The standard InChI is InChI=1S/C16H12FN5O/c17-16-18-7-6-13(20-16)22-8-9-23-12-10-19-14(21-15(12)22)11-4-2-1-3-5-11/h1-7,10H,8-9H2. The Morgan fingerprint density at radius 2 is 1.91 bits per heavy atom. The molecule has 4 rings (SSSR count). The van der Waals surface area contributed by atoms with Gasteiger partial charge in [0.25, 0.3) is 0 Å². The zero-order chi connectivity index (χ0) is 15.6. The molecule has 6 nitrogen and oxygen atoms in total. The van der Waals surface area contributed by atoms with Gasteiger partial charge in [0.2, 0.25) is 0 Å². The van der Waals surface area contributed by atoms with Crippen LogP contribution in [-0.2, 0) is 0 Å². The van der Waals surface area contributed by atoms with Gasteiger partial charge in [0.05, 0.1) is 12.7 Å². The molecule has 0 N–H and O–H groups in total. The molecule has 0 saturated heterocycles. The van der Waals surface area contributed by atoms with E-state index < -0.39 is 6.08 Å². The minimum Gasteiger partial charge on any atom is -0.486 e. The monoisotopic (exact) mass is 309 g/mol. The van der Waals surface area contributed by atoms with Gasteiger partial charge < -0.3 is 9.64 Å². The summed E-state index contributed by atoms with van der Waals surface area (Å²) in [6.45, 7) is 0.974. The molecule has 23 heavy (non-hydrogen) atoms. The topological polar surface area (TPSA) is 64.0 Å². The van der Waals surface area contributed by atoms with Crippen LogP contribution >= 0.6 is 0 Å². The van der Waals surface area contributed by atoms with Crippen molar-refractivity contribution in [3.63, 3.8) is 0 Å². The van der Waals surface area contributed by atoms with Crippen LogP contribution in [0.3, 0.4) is 0 Å². The lowest BCUT2D eigenvalue weighted by atomic mass is 10.2. The number of fused-ring (bicyclic) bond motifs is 1. The van der Waals surface area contributed by atoms with E-state index in [1.54, 1.807) is 17.2 Å². The molecule has 0 amide bonds. The molecule has 0 unspecified atom stereocenters. The van der Waals surface area contributed by atoms with Gasteiger partial charge in [-0.2, -0.15) is 9.37 Å². The van der Waals surface area contributed by atoms with Crippen LogP contribution in [0.5, 0.6) is 5.75 Å². The molecule has 0 atom stereocenters. The molecule has 2 aromatic heterocycles. The van der Waals surface area contributed by atoms with Crippen molar-refractivity contribution >= 4 is 11.6 Å². The second-order valence-electron chi connectivity index (χ2n) is 4.93. The summed E-state index contributed by atoms with van der Waals surface area (Å²) in [5.74, 6) is 2.15. The molecular formula is C16H12FN5O. The van der Waals surface area contributed by atoms with E-state index in [0.29, 0.717) is 36.4 Å². The van der Waals surface area contributed by atoms with Crippen LogP contribution in [0.1, 0.15) is 0 Å². The number of aromatic nitrogens is 4. The van der Waals surface area contributed by atoms with E-state index in [9.17, 15) is 4.39 Å². The molecule has 0 spiro atoms. The van der Waals surface area contributed by atoms with Crippen molar-refractivity contribution in [2.45, 2.75) is 0 Å². The summed E-state index contributed by atoms with van der Waals surface area (Å²) < 4.78 is 18.9. The highest BCUT2D eigenvalue weighted by molar-refractivity contribution is 5.67. The predicted molar refractivity (Wildman–Crippen MR) is 82.0 cm³/mol. The van der Waals surface area contributed by atoms with Crippen molar-refractivity contribution in [2.24, 2.45) is 0 Å². The first-order valence-electron chi connectivity index (χ1n) is 7.12. The number of hydrogen-bond donors (Lipinski definition) is 0. The van der Waals surface area contributed by atoms with E-state index in [-0.39, 0.29) is 0 Å². The van der Waals surface area contributed by atoms with Crippen molar-refractivity contribution in [3.8, 4) is 17.1 Å². The quantitative estimate of drug-likeness (QED) is 0.678. The fourth-order valence-electron chi connectivity index (χ4n) is 2.44. The van der Waals surface area contributed by atoms with Gasteiger partial charge in [-0.05, 0) is 6.07 Å². The normalized spacial score (nSPS) is 13.3. The number of anilines is 2. The maximum atomic E-state index is 13.3. The van der Waals surface area contributed by atoms with Gasteiger partial charge in [0.1, 0.15) is 12.4 Å². The largest absolute Gasteiger partial charge is 0.486 e. The molecule has 0 saturated carbocycles. The summed E-state index contributed by atoms with van der Waals surface area (Å²) in [5.41, 5.74) is 0.898. The maximum Gasteiger partial charge on any atom is 0.310 e. The Morgan fingerprint density at radius 3 is 2.74 bits per heavy atom. The van der Waals surface area contributed by atoms with Crippen molar-refractivity contribution in [1.82, 2.24) is 19.9 Å². The van der Waals surface area contributed by atoms with Crippen LogP contribution in [-0.4, -0.2) is 33.1 Å². The summed E-state index contributed by atoms with van der Waals surface area (Å²) in [6, 6.07) is 11.3. The van der Waals surface area contributed by atoms with Crippen LogP contribution in [0.15, 0.2) is 48.8 Å². The van der Waals surface area contributed by atoms with Gasteiger partial charge in [-0.1, -0.05) is 30.3 Å². The molecule has 3 heterocycles. The van der Waals surface area contributed by atoms with E-state index in [1.807, 2.05) is 30.3 Å². The fourth-order valence-corrected chi connectivity index (χ4v) is 2.44. The molecule has 0 radical (unpaired) electrons. The Hall–Kier alpha value is -3.09. The van der Waals surface area contributed by atoms with E-state index >= 15 is 0 Å². The van der Waals surface area contributed by atoms with Crippen molar-refractivity contribution in [1.29, 1.82) is 0 Å². The number of benzene rings is 1. The van der Waals surface area contributed by atoms with E-state index in [2.05, 4.69) is 19.9 Å². The number of halogens is 1. The van der Waals surface area contributed by atoms with Gasteiger partial charge >= 0.3 is 6.08 Å². The Bertz CT molecular complexity index is 843. The molecule has 1 aromatic carbocycles. The molecule has 1 aliphatic heterocycles. The predicted octanol–water partition coefficient (Wildman–Crippen LogP) is 2.60. The van der Waals surface area contributed by atoms with Gasteiger partial charge in [-0.3, -0.25) is 0 Å². The zero-order valence-corrected chi connectivity index (χ0v) is 12.1. The lowest BCUT2D eigenvalue weighted by Crippen LogP contribution is -2.30. The Labute approximate surface area is 131 Å². The third-order valence-corrected chi connectivity index (χ3v) is 3.48. The molecule has 1 aliphatic rings. The summed E-state index contributed by atoms with van der Waals surface area (Å²) in [7, 11) is 0. The SMILES string of the molecule is Fc1nccc(N2CCOc3cnc(-c4ccccc4)nc32)n1. The maximum absolute atomic E-state index is 13.3. The minimum atomic E-state index is -0.770. The van der Waals surface area contributed by atoms with Crippen LogP contribution in [0, 0.1) is 6.08 Å². The highest BCUT2D eigenvalue weighted by Gasteiger charge is 2.23. The molecule has 7 heteroatoms. The number of hydrogen-bond acceptors (Lipinski definition) is 6. The van der Waals surface area contributed by atoms with E-state index in [1.165, 1.54) is 6.20 Å². The number of nitrogens with zero attached hydrogens (tertiary/aromatic N) is 5. The van der Waals surface area contributed by atoms with Crippen molar-refractivity contribution in [2.75, 3.05) is 18.1 Å². The van der Waals surface area contributed by atoms with Gasteiger partial charge in [0, 0.05) is 11.8 Å². The number of ether oxygens (including phenoxy) is 1. The van der Waals surface area contributed by atoms with Crippen LogP contribution in [0.4, 0.5) is 16.0 Å². The second-order valence-corrected chi connectivity index (χ2v) is 4.93. The lowest BCUT2D eigenvalue weighted by molar-refractivity contribution is 0.309. The molecule has 0 fully saturated rings. The lowest BCUT2D eigenvalue weighted by Gasteiger charge is -2.28. The molecule has 114 valence electrons. The molecule has 0 bridgehead atoms. The fraction of sp³-hybridized carbons (Fsp3) is 0.125. The third-order valence-electron chi connectivity index (χ3n) is 3.48. The van der Waals surface area contributed by atoms with Gasteiger partial charge in [-0.15, -0.1) is 0 Å². The van der Waals surface area contributed by atoms with Gasteiger partial charge in [0.15, 0.2) is 17.4 Å². The average Bonchev–Trinajstić information content (AvgIpc) is 2.61. The zero-order valence-electron chi connectivity index (χ0n) is 12.1. The first kappa shape index (κ1) is 13.6. The first-order chi connectivity index (χ1) is 11.3. The Morgan fingerprint density at radius 1 is 1.04 bits per heavy atom. The molecule has 0 aliphatic carbocycles. The summed E-state index contributed by atoms with van der Waals surface area (Å²) in [4.78, 5) is 18.0. The van der Waals surface area contributed by atoms with Crippen molar-refractivity contribution in [3.05, 3.63) is 54.9 Å². The summed E-state index contributed by atoms with van der Waals surface area (Å²) >= 11 is 0. The summed E-state index contributed by atoms with van der Waals surface area (Å²) in [6.07, 6.45) is 2.24. The van der Waals surface area contributed by atoms with Crippen LogP contribution in [0.2, 0.25) is 0 Å². The van der Waals surface area contributed by atoms with E-state index in [0.717, 1.165) is 5.56 Å².